The van der Waals surface area contributed by atoms with Crippen LogP contribution in [0.3, 0.4) is 0 Å². The van der Waals surface area contributed by atoms with E-state index in [2.05, 4.69) is 4.98 Å². The minimum atomic E-state index is -0.166. The first-order valence-corrected chi connectivity index (χ1v) is 4.93. The third kappa shape index (κ3) is 1.46. The predicted molar refractivity (Wildman–Crippen MR) is 51.2 cm³/mol. The molecule has 0 aromatic carbocycles. The van der Waals surface area contributed by atoms with Crippen LogP contribution in [-0.2, 0) is 0 Å². The summed E-state index contributed by atoms with van der Waals surface area (Å²) in [5, 5.41) is 0. The highest BCUT2D eigenvalue weighted by atomic mass is 16.4. The van der Waals surface area contributed by atoms with Crippen LogP contribution in [0.1, 0.15) is 47.3 Å². The molecule has 0 spiro atoms. The van der Waals surface area contributed by atoms with Crippen LogP contribution in [-0.4, -0.2) is 17.3 Å². The van der Waals surface area contributed by atoms with Gasteiger partial charge in [-0.25, -0.2) is 4.98 Å². The fourth-order valence-corrected chi connectivity index (χ4v) is 1.60. The van der Waals surface area contributed by atoms with E-state index in [1.165, 1.54) is 6.42 Å². The summed E-state index contributed by atoms with van der Waals surface area (Å²) in [6, 6.07) is 0. The predicted octanol–water partition coefficient (Wildman–Crippen LogP) is 1.39. The van der Waals surface area contributed by atoms with Crippen molar-refractivity contribution < 1.29 is 9.21 Å². The first-order valence-electron chi connectivity index (χ1n) is 4.93. The van der Waals surface area contributed by atoms with Crippen molar-refractivity contribution in [2.75, 3.05) is 6.54 Å². The summed E-state index contributed by atoms with van der Waals surface area (Å²) in [7, 11) is 0. The van der Waals surface area contributed by atoms with Crippen molar-refractivity contribution >= 4 is 5.78 Å². The molecule has 76 valence electrons. The van der Waals surface area contributed by atoms with E-state index >= 15 is 0 Å². The molecule has 1 heterocycles. The Hall–Kier alpha value is -1.16. The molecule has 0 radical (unpaired) electrons. The van der Waals surface area contributed by atoms with Crippen molar-refractivity contribution in [3.63, 3.8) is 0 Å². The van der Waals surface area contributed by atoms with Crippen LogP contribution in [0.15, 0.2) is 4.42 Å². The number of aromatic nitrogens is 1. The lowest BCUT2D eigenvalue weighted by atomic mass is 9.85. The smallest absolute Gasteiger partial charge is 0.213 e. The number of Topliss-reactive ketones (excluding diaryl/α,β-unsaturated/α-hetero) is 1. The van der Waals surface area contributed by atoms with Crippen molar-refractivity contribution in [1.82, 2.24) is 4.98 Å². The number of ketones is 1. The molecule has 0 bridgehead atoms. The van der Waals surface area contributed by atoms with Crippen LogP contribution < -0.4 is 5.73 Å². The molecule has 1 saturated carbocycles. The summed E-state index contributed by atoms with van der Waals surface area (Å²) < 4.78 is 5.43. The molecule has 1 aromatic rings. The van der Waals surface area contributed by atoms with Gasteiger partial charge in [-0.3, -0.25) is 4.79 Å². The maximum Gasteiger partial charge on any atom is 0.213 e. The zero-order valence-electron chi connectivity index (χ0n) is 8.25. The Balaban J connectivity index is 2.24. The van der Waals surface area contributed by atoms with Gasteiger partial charge in [-0.1, -0.05) is 6.42 Å². The number of oxazole rings is 1. The summed E-state index contributed by atoms with van der Waals surface area (Å²) in [6.45, 7) is 1.77. The van der Waals surface area contributed by atoms with Gasteiger partial charge in [-0.2, -0.15) is 0 Å². The SMILES string of the molecule is Cc1nc(C2CCC2)oc1C(=O)CN. The number of aryl methyl sites for hydroxylation is 1. The van der Waals surface area contributed by atoms with Crippen LogP contribution in [0.25, 0.3) is 0 Å². The number of hydrogen-bond acceptors (Lipinski definition) is 4. The van der Waals surface area contributed by atoms with Gasteiger partial charge in [0.15, 0.2) is 11.7 Å². The van der Waals surface area contributed by atoms with E-state index in [-0.39, 0.29) is 12.3 Å². The van der Waals surface area contributed by atoms with Crippen molar-refractivity contribution in [3.8, 4) is 0 Å². The first-order chi connectivity index (χ1) is 6.72. The molecule has 0 unspecified atom stereocenters. The molecule has 2 rings (SSSR count). The van der Waals surface area contributed by atoms with Gasteiger partial charge in [0.1, 0.15) is 0 Å². The average molecular weight is 194 g/mol. The van der Waals surface area contributed by atoms with E-state index in [1.807, 2.05) is 0 Å². The maximum atomic E-state index is 11.3. The third-order valence-electron chi connectivity index (χ3n) is 2.71. The highest BCUT2D eigenvalue weighted by molar-refractivity contribution is 5.95. The molecular weight excluding hydrogens is 180 g/mol. The summed E-state index contributed by atoms with van der Waals surface area (Å²) in [5.41, 5.74) is 5.94. The van der Waals surface area contributed by atoms with Crippen molar-refractivity contribution in [3.05, 3.63) is 17.3 Å². The van der Waals surface area contributed by atoms with Gasteiger partial charge in [0.25, 0.3) is 0 Å². The van der Waals surface area contributed by atoms with Gasteiger partial charge in [0.2, 0.25) is 5.78 Å². The molecule has 2 N–H and O–H groups in total. The molecule has 0 atom stereocenters. The van der Waals surface area contributed by atoms with Gasteiger partial charge in [0.05, 0.1) is 12.2 Å². The second kappa shape index (κ2) is 3.53. The summed E-state index contributed by atoms with van der Waals surface area (Å²) in [4.78, 5) is 15.6. The highest BCUT2D eigenvalue weighted by Gasteiger charge is 2.26. The Morgan fingerprint density at radius 2 is 2.36 bits per heavy atom. The lowest BCUT2D eigenvalue weighted by Gasteiger charge is -2.21. The average Bonchev–Trinajstić information content (AvgIpc) is 2.43. The lowest BCUT2D eigenvalue weighted by molar-refractivity contribution is 0.0970. The molecule has 0 aliphatic heterocycles. The van der Waals surface area contributed by atoms with Crippen LogP contribution in [0.2, 0.25) is 0 Å². The van der Waals surface area contributed by atoms with Crippen LogP contribution >= 0.6 is 0 Å². The van der Waals surface area contributed by atoms with Crippen LogP contribution in [0.5, 0.6) is 0 Å². The highest BCUT2D eigenvalue weighted by Crippen LogP contribution is 2.36. The Bertz CT molecular complexity index is 353. The zero-order chi connectivity index (χ0) is 10.1. The molecular formula is C10H14N2O2. The second-order valence-electron chi connectivity index (χ2n) is 3.72. The summed E-state index contributed by atoms with van der Waals surface area (Å²) in [6.07, 6.45) is 3.47. The van der Waals surface area contributed by atoms with Crippen molar-refractivity contribution in [2.24, 2.45) is 5.73 Å². The van der Waals surface area contributed by atoms with Crippen molar-refractivity contribution in [1.29, 1.82) is 0 Å². The summed E-state index contributed by atoms with van der Waals surface area (Å²) in [5.74, 6) is 1.31. The van der Waals surface area contributed by atoms with Gasteiger partial charge in [0, 0.05) is 5.92 Å². The molecule has 4 heteroatoms. The number of hydrogen-bond donors (Lipinski definition) is 1. The molecule has 1 fully saturated rings. The number of nitrogens with zero attached hydrogens (tertiary/aromatic N) is 1. The van der Waals surface area contributed by atoms with E-state index in [0.29, 0.717) is 23.3 Å². The number of rotatable bonds is 3. The lowest BCUT2D eigenvalue weighted by Crippen LogP contribution is -2.13. The normalized spacial score (nSPS) is 16.7. The second-order valence-corrected chi connectivity index (χ2v) is 3.72. The number of carbonyl (C=O) groups is 1. The van der Waals surface area contributed by atoms with Crippen LogP contribution in [0, 0.1) is 6.92 Å². The first kappa shape index (κ1) is 9.40. The maximum absolute atomic E-state index is 11.3. The largest absolute Gasteiger partial charge is 0.437 e. The Kier molecular flexibility index (Phi) is 2.37. The van der Waals surface area contributed by atoms with E-state index in [9.17, 15) is 4.79 Å². The molecule has 1 aliphatic rings. The Morgan fingerprint density at radius 1 is 1.64 bits per heavy atom. The Morgan fingerprint density at radius 3 is 2.86 bits per heavy atom. The van der Waals surface area contributed by atoms with Crippen LogP contribution in [0.4, 0.5) is 0 Å². The van der Waals surface area contributed by atoms with E-state index in [0.717, 1.165) is 12.8 Å². The van der Waals surface area contributed by atoms with Gasteiger partial charge >= 0.3 is 0 Å². The molecule has 4 nitrogen and oxygen atoms in total. The standard InChI is InChI=1S/C10H14N2O2/c1-6-9(8(13)5-11)14-10(12-6)7-3-2-4-7/h7H,2-5,11H2,1H3. The molecule has 1 aromatic heterocycles. The molecule has 1 aliphatic carbocycles. The molecule has 14 heavy (non-hydrogen) atoms. The minimum absolute atomic E-state index is 0.0137. The Labute approximate surface area is 82.5 Å². The topological polar surface area (TPSA) is 69.1 Å². The van der Waals surface area contributed by atoms with Gasteiger partial charge in [-0.15, -0.1) is 0 Å². The van der Waals surface area contributed by atoms with Gasteiger partial charge in [-0.05, 0) is 19.8 Å². The fourth-order valence-electron chi connectivity index (χ4n) is 1.60. The van der Waals surface area contributed by atoms with E-state index in [4.69, 9.17) is 10.2 Å². The van der Waals surface area contributed by atoms with E-state index in [1.54, 1.807) is 6.92 Å². The zero-order valence-corrected chi connectivity index (χ0v) is 8.25. The van der Waals surface area contributed by atoms with Gasteiger partial charge < -0.3 is 10.2 Å². The number of carbonyl (C=O) groups excluding carboxylic acids is 1. The molecule has 0 saturated heterocycles. The monoisotopic (exact) mass is 194 g/mol. The minimum Gasteiger partial charge on any atom is -0.437 e. The quantitative estimate of drug-likeness (QED) is 0.738. The number of nitrogens with two attached hydrogens (primary N) is 1. The van der Waals surface area contributed by atoms with Crippen molar-refractivity contribution in [2.45, 2.75) is 32.1 Å². The molecule has 0 amide bonds. The van der Waals surface area contributed by atoms with E-state index < -0.39 is 0 Å². The fraction of sp³-hybridized carbons (Fsp3) is 0.600. The summed E-state index contributed by atoms with van der Waals surface area (Å²) >= 11 is 0. The third-order valence-corrected chi connectivity index (χ3v) is 2.71.